The zero-order chi connectivity index (χ0) is 16.5. The molecule has 3 aromatic rings. The number of rotatable bonds is 2. The standard InChI is InChI=1S/C17H18N6O/c1-22-6-8-23(9-7-22)17(24)15-11-18-10-14(21-15)12-2-4-19-16-13(12)3-5-20-16/h2-5,10-11H,6-9H2,1H3,(H,19,20). The van der Waals surface area contributed by atoms with Gasteiger partial charge in [0, 0.05) is 49.5 Å². The van der Waals surface area contributed by atoms with Gasteiger partial charge >= 0.3 is 0 Å². The SMILES string of the molecule is CN1CCN(C(=O)c2cncc(-c3ccnc4[nH]ccc34)n2)CC1. The smallest absolute Gasteiger partial charge is 0.274 e. The van der Waals surface area contributed by atoms with Crippen LogP contribution >= 0.6 is 0 Å². The number of H-pyrrole nitrogens is 1. The summed E-state index contributed by atoms with van der Waals surface area (Å²) < 4.78 is 0. The number of nitrogens with zero attached hydrogens (tertiary/aromatic N) is 5. The Bertz CT molecular complexity index is 881. The molecule has 24 heavy (non-hydrogen) atoms. The summed E-state index contributed by atoms with van der Waals surface area (Å²) in [6, 6.07) is 3.85. The highest BCUT2D eigenvalue weighted by Gasteiger charge is 2.22. The molecule has 1 fully saturated rings. The lowest BCUT2D eigenvalue weighted by Crippen LogP contribution is -2.47. The molecule has 1 saturated heterocycles. The first kappa shape index (κ1) is 14.8. The quantitative estimate of drug-likeness (QED) is 0.772. The Labute approximate surface area is 139 Å². The molecule has 4 heterocycles. The van der Waals surface area contributed by atoms with Crippen molar-refractivity contribution in [1.29, 1.82) is 0 Å². The average Bonchev–Trinajstić information content (AvgIpc) is 3.10. The van der Waals surface area contributed by atoms with E-state index in [0.29, 0.717) is 11.4 Å². The summed E-state index contributed by atoms with van der Waals surface area (Å²) in [6.45, 7) is 3.21. The van der Waals surface area contributed by atoms with Crippen LogP contribution in [0.3, 0.4) is 0 Å². The molecule has 0 bridgehead atoms. The molecule has 1 aliphatic rings. The molecule has 0 aliphatic carbocycles. The van der Waals surface area contributed by atoms with Crippen molar-refractivity contribution < 1.29 is 4.79 Å². The van der Waals surface area contributed by atoms with Gasteiger partial charge in [0.05, 0.1) is 18.1 Å². The number of nitrogens with one attached hydrogen (secondary N) is 1. The molecule has 0 radical (unpaired) electrons. The average molecular weight is 322 g/mol. The molecule has 1 aliphatic heterocycles. The first-order valence-electron chi connectivity index (χ1n) is 7.95. The highest BCUT2D eigenvalue weighted by Crippen LogP contribution is 2.25. The summed E-state index contributed by atoms with van der Waals surface area (Å²) in [5, 5.41) is 0.969. The number of carbonyl (C=O) groups is 1. The van der Waals surface area contributed by atoms with Gasteiger partial charge in [0.2, 0.25) is 0 Å². The van der Waals surface area contributed by atoms with E-state index < -0.39 is 0 Å². The van der Waals surface area contributed by atoms with E-state index in [0.717, 1.165) is 42.8 Å². The van der Waals surface area contributed by atoms with Crippen molar-refractivity contribution in [3.8, 4) is 11.3 Å². The van der Waals surface area contributed by atoms with Gasteiger partial charge in [-0.3, -0.25) is 9.78 Å². The zero-order valence-electron chi connectivity index (χ0n) is 13.4. The Balaban J connectivity index is 1.66. The normalized spacial score (nSPS) is 15.8. The maximum Gasteiger partial charge on any atom is 0.274 e. The molecule has 0 spiro atoms. The first-order valence-corrected chi connectivity index (χ1v) is 7.95. The van der Waals surface area contributed by atoms with Crippen molar-refractivity contribution in [3.63, 3.8) is 0 Å². The van der Waals surface area contributed by atoms with Crippen LogP contribution in [0.2, 0.25) is 0 Å². The summed E-state index contributed by atoms with van der Waals surface area (Å²) in [5.41, 5.74) is 2.78. The molecular weight excluding hydrogens is 304 g/mol. The van der Waals surface area contributed by atoms with Crippen molar-refractivity contribution in [2.45, 2.75) is 0 Å². The Morgan fingerprint density at radius 2 is 2.00 bits per heavy atom. The van der Waals surface area contributed by atoms with Crippen LogP contribution in [0.4, 0.5) is 0 Å². The van der Waals surface area contributed by atoms with Crippen LogP contribution in [0.25, 0.3) is 22.3 Å². The Morgan fingerprint density at radius 1 is 1.17 bits per heavy atom. The minimum absolute atomic E-state index is 0.0585. The van der Waals surface area contributed by atoms with Gasteiger partial charge in [-0.2, -0.15) is 0 Å². The number of likely N-dealkylation sites (N-methyl/N-ethyl adjacent to an activating group) is 1. The van der Waals surface area contributed by atoms with Crippen molar-refractivity contribution >= 4 is 16.9 Å². The summed E-state index contributed by atoms with van der Waals surface area (Å²) in [4.78, 5) is 32.9. The number of hydrogen-bond donors (Lipinski definition) is 1. The fourth-order valence-corrected chi connectivity index (χ4v) is 2.95. The van der Waals surface area contributed by atoms with Gasteiger partial charge in [-0.1, -0.05) is 0 Å². The zero-order valence-corrected chi connectivity index (χ0v) is 13.4. The van der Waals surface area contributed by atoms with E-state index in [1.165, 1.54) is 0 Å². The summed E-state index contributed by atoms with van der Waals surface area (Å²) in [7, 11) is 2.06. The maximum absolute atomic E-state index is 12.7. The molecule has 1 N–H and O–H groups in total. The number of amides is 1. The largest absolute Gasteiger partial charge is 0.346 e. The third-order valence-corrected chi connectivity index (χ3v) is 4.38. The molecule has 0 saturated carbocycles. The van der Waals surface area contributed by atoms with Crippen LogP contribution in [0.15, 0.2) is 36.9 Å². The molecular formula is C17H18N6O. The lowest BCUT2D eigenvalue weighted by molar-refractivity contribution is 0.0658. The van der Waals surface area contributed by atoms with Crippen LogP contribution in [-0.4, -0.2) is 68.9 Å². The predicted molar refractivity (Wildman–Crippen MR) is 90.5 cm³/mol. The van der Waals surface area contributed by atoms with Gasteiger partial charge in [0.1, 0.15) is 11.3 Å². The highest BCUT2D eigenvalue weighted by atomic mass is 16.2. The minimum atomic E-state index is -0.0585. The van der Waals surface area contributed by atoms with Crippen molar-refractivity contribution in [2.75, 3.05) is 33.2 Å². The summed E-state index contributed by atoms with van der Waals surface area (Å²) in [6.07, 6.45) is 6.79. The van der Waals surface area contributed by atoms with Crippen molar-refractivity contribution in [3.05, 3.63) is 42.6 Å². The molecule has 0 aromatic carbocycles. The summed E-state index contributed by atoms with van der Waals surface area (Å²) in [5.74, 6) is -0.0585. The minimum Gasteiger partial charge on any atom is -0.346 e. The second-order valence-corrected chi connectivity index (χ2v) is 5.98. The monoisotopic (exact) mass is 322 g/mol. The fraction of sp³-hybridized carbons (Fsp3) is 0.294. The van der Waals surface area contributed by atoms with Crippen molar-refractivity contribution in [1.82, 2.24) is 29.7 Å². The molecule has 1 amide bonds. The van der Waals surface area contributed by atoms with Crippen LogP contribution < -0.4 is 0 Å². The molecule has 122 valence electrons. The maximum atomic E-state index is 12.7. The predicted octanol–water partition coefficient (Wildman–Crippen LogP) is 1.41. The van der Waals surface area contributed by atoms with Crippen LogP contribution in [0.5, 0.6) is 0 Å². The van der Waals surface area contributed by atoms with Crippen LogP contribution in [-0.2, 0) is 0 Å². The molecule has 4 rings (SSSR count). The molecule has 7 nitrogen and oxygen atoms in total. The van der Waals surface area contributed by atoms with E-state index in [1.54, 1.807) is 18.6 Å². The number of aromatic nitrogens is 4. The Hall–Kier alpha value is -2.80. The number of hydrogen-bond acceptors (Lipinski definition) is 5. The number of fused-ring (bicyclic) bond motifs is 1. The van der Waals surface area contributed by atoms with Gasteiger partial charge in [-0.25, -0.2) is 9.97 Å². The number of pyridine rings is 1. The van der Waals surface area contributed by atoms with Crippen molar-refractivity contribution in [2.24, 2.45) is 0 Å². The molecule has 7 heteroatoms. The molecule has 0 atom stereocenters. The molecule has 3 aromatic heterocycles. The number of piperazine rings is 1. The van der Waals surface area contributed by atoms with Gasteiger partial charge in [-0.05, 0) is 19.2 Å². The number of aromatic amines is 1. The van der Waals surface area contributed by atoms with Crippen LogP contribution in [0, 0.1) is 0 Å². The second kappa shape index (κ2) is 6.01. The third kappa shape index (κ3) is 2.63. The molecule has 0 unspecified atom stereocenters. The third-order valence-electron chi connectivity index (χ3n) is 4.38. The lowest BCUT2D eigenvalue weighted by Gasteiger charge is -2.32. The Kier molecular flexibility index (Phi) is 3.70. The Morgan fingerprint density at radius 3 is 2.83 bits per heavy atom. The fourth-order valence-electron chi connectivity index (χ4n) is 2.95. The number of carbonyl (C=O) groups excluding carboxylic acids is 1. The van der Waals surface area contributed by atoms with E-state index >= 15 is 0 Å². The van der Waals surface area contributed by atoms with Gasteiger partial charge in [0.25, 0.3) is 5.91 Å². The van der Waals surface area contributed by atoms with Gasteiger partial charge in [-0.15, -0.1) is 0 Å². The van der Waals surface area contributed by atoms with E-state index in [-0.39, 0.29) is 5.91 Å². The van der Waals surface area contributed by atoms with Gasteiger partial charge < -0.3 is 14.8 Å². The van der Waals surface area contributed by atoms with E-state index in [9.17, 15) is 4.79 Å². The summed E-state index contributed by atoms with van der Waals surface area (Å²) >= 11 is 0. The lowest BCUT2D eigenvalue weighted by atomic mass is 10.1. The van der Waals surface area contributed by atoms with Crippen LogP contribution in [0.1, 0.15) is 10.5 Å². The topological polar surface area (TPSA) is 78.0 Å². The second-order valence-electron chi connectivity index (χ2n) is 5.98. The first-order chi connectivity index (χ1) is 11.7. The van der Waals surface area contributed by atoms with E-state index in [1.807, 2.05) is 23.2 Å². The van der Waals surface area contributed by atoms with E-state index in [2.05, 4.69) is 31.9 Å². The van der Waals surface area contributed by atoms with E-state index in [4.69, 9.17) is 0 Å². The highest BCUT2D eigenvalue weighted by molar-refractivity contribution is 5.95. The van der Waals surface area contributed by atoms with Gasteiger partial charge in [0.15, 0.2) is 0 Å².